The first-order chi connectivity index (χ1) is 9.06. The second-order valence-electron chi connectivity index (χ2n) is 4.75. The van der Waals surface area contributed by atoms with Crippen molar-refractivity contribution in [1.82, 2.24) is 15.1 Å². The lowest BCUT2D eigenvalue weighted by atomic mass is 10.2. The number of aromatic nitrogens is 2. The molecule has 0 amide bonds. The molecule has 5 heteroatoms. The minimum absolute atomic E-state index is 0.244. The van der Waals surface area contributed by atoms with Gasteiger partial charge in [0.05, 0.1) is 16.7 Å². The summed E-state index contributed by atoms with van der Waals surface area (Å²) in [5.41, 5.74) is 1.87. The monoisotopic (exact) mass is 325 g/mol. The highest BCUT2D eigenvalue weighted by molar-refractivity contribution is 9.10. The molecule has 1 aromatic carbocycles. The third-order valence-corrected chi connectivity index (χ3v) is 3.64. The smallest absolute Gasteiger partial charge is 0.137 e. The summed E-state index contributed by atoms with van der Waals surface area (Å²) in [5.74, 6) is -0.244. The third kappa shape index (κ3) is 3.88. The van der Waals surface area contributed by atoms with Crippen LogP contribution in [0.1, 0.15) is 25.1 Å². The van der Waals surface area contributed by atoms with Crippen LogP contribution in [0, 0.1) is 5.82 Å². The normalized spacial score (nSPS) is 11.2. The third-order valence-electron chi connectivity index (χ3n) is 2.75. The second-order valence-corrected chi connectivity index (χ2v) is 5.55. The number of halogens is 2. The fourth-order valence-corrected chi connectivity index (χ4v) is 2.13. The molecule has 0 radical (unpaired) electrons. The fourth-order valence-electron chi connectivity index (χ4n) is 1.74. The summed E-state index contributed by atoms with van der Waals surface area (Å²) in [4.78, 5) is 0. The van der Waals surface area contributed by atoms with Crippen LogP contribution in [0.15, 0.2) is 34.9 Å². The van der Waals surface area contributed by atoms with Crippen LogP contribution in [0.2, 0.25) is 0 Å². The number of rotatable bonds is 5. The number of benzene rings is 1. The summed E-state index contributed by atoms with van der Waals surface area (Å²) in [6, 6.07) is 7.45. The summed E-state index contributed by atoms with van der Waals surface area (Å²) < 4.78 is 15.7. The maximum absolute atomic E-state index is 13.4. The fraction of sp³-hybridized carbons (Fsp3) is 0.357. The van der Waals surface area contributed by atoms with Crippen molar-refractivity contribution >= 4 is 15.9 Å². The van der Waals surface area contributed by atoms with Crippen LogP contribution >= 0.6 is 15.9 Å². The Kier molecular flexibility index (Phi) is 4.71. The van der Waals surface area contributed by atoms with Crippen molar-refractivity contribution in [3.8, 4) is 0 Å². The van der Waals surface area contributed by atoms with Crippen LogP contribution in [0.3, 0.4) is 0 Å². The highest BCUT2D eigenvalue weighted by Gasteiger charge is 2.07. The lowest BCUT2D eigenvalue weighted by molar-refractivity contribution is 0.568. The second kappa shape index (κ2) is 6.30. The average molecular weight is 326 g/mol. The molecule has 2 aromatic rings. The van der Waals surface area contributed by atoms with Gasteiger partial charge in [-0.1, -0.05) is 26.0 Å². The Bertz CT molecular complexity index is 551. The quantitative estimate of drug-likeness (QED) is 0.913. The molecular formula is C14H17BrFN3. The molecule has 102 valence electrons. The Morgan fingerprint density at radius 3 is 2.89 bits per heavy atom. The van der Waals surface area contributed by atoms with Crippen molar-refractivity contribution in [3.05, 3.63) is 52.0 Å². The van der Waals surface area contributed by atoms with E-state index in [-0.39, 0.29) is 5.82 Å². The molecule has 0 unspecified atom stereocenters. The average Bonchev–Trinajstić information content (AvgIpc) is 2.80. The highest BCUT2D eigenvalue weighted by Crippen LogP contribution is 2.21. The molecule has 3 nitrogen and oxygen atoms in total. The number of hydrogen-bond donors (Lipinski definition) is 1. The zero-order valence-electron chi connectivity index (χ0n) is 11.0. The van der Waals surface area contributed by atoms with E-state index in [4.69, 9.17) is 0 Å². The molecule has 0 spiro atoms. The van der Waals surface area contributed by atoms with Crippen molar-refractivity contribution in [2.45, 2.75) is 33.0 Å². The summed E-state index contributed by atoms with van der Waals surface area (Å²) in [6.45, 7) is 5.50. The van der Waals surface area contributed by atoms with Gasteiger partial charge in [0.15, 0.2) is 0 Å². The maximum Gasteiger partial charge on any atom is 0.137 e. The van der Waals surface area contributed by atoms with Crippen LogP contribution < -0.4 is 5.32 Å². The van der Waals surface area contributed by atoms with E-state index in [0.717, 1.165) is 17.8 Å². The van der Waals surface area contributed by atoms with Gasteiger partial charge in [-0.2, -0.15) is 5.10 Å². The summed E-state index contributed by atoms with van der Waals surface area (Å²) in [7, 11) is 0. The van der Waals surface area contributed by atoms with E-state index in [9.17, 15) is 4.39 Å². The van der Waals surface area contributed by atoms with Gasteiger partial charge >= 0.3 is 0 Å². The van der Waals surface area contributed by atoms with Crippen molar-refractivity contribution in [3.63, 3.8) is 0 Å². The van der Waals surface area contributed by atoms with E-state index in [1.165, 1.54) is 6.07 Å². The molecule has 0 saturated heterocycles. The molecular weight excluding hydrogens is 309 g/mol. The topological polar surface area (TPSA) is 29.9 Å². The molecule has 0 aliphatic heterocycles. The number of nitrogens with one attached hydrogen (secondary N) is 1. The Balaban J connectivity index is 2.05. The molecule has 0 aliphatic carbocycles. The molecule has 1 N–H and O–H groups in total. The van der Waals surface area contributed by atoms with Crippen LogP contribution in [-0.4, -0.2) is 15.8 Å². The van der Waals surface area contributed by atoms with E-state index in [1.54, 1.807) is 6.07 Å². The van der Waals surface area contributed by atoms with Gasteiger partial charge in [-0.25, -0.2) is 4.39 Å². The minimum atomic E-state index is -0.244. The largest absolute Gasteiger partial charge is 0.309 e. The number of nitrogens with zero attached hydrogens (tertiary/aromatic N) is 2. The first-order valence-corrected chi connectivity index (χ1v) is 7.04. The van der Waals surface area contributed by atoms with Crippen LogP contribution in [0.5, 0.6) is 0 Å². The van der Waals surface area contributed by atoms with Gasteiger partial charge in [0.2, 0.25) is 0 Å². The van der Waals surface area contributed by atoms with Crippen LogP contribution in [0.25, 0.3) is 0 Å². The molecule has 1 aromatic heterocycles. The lowest BCUT2D eigenvalue weighted by Crippen LogP contribution is -2.22. The predicted molar refractivity (Wildman–Crippen MR) is 77.4 cm³/mol. The van der Waals surface area contributed by atoms with Gasteiger partial charge in [-0.05, 0) is 33.6 Å². The highest BCUT2D eigenvalue weighted by atomic mass is 79.9. The van der Waals surface area contributed by atoms with Gasteiger partial charge in [0.25, 0.3) is 0 Å². The standard InChI is InChI=1S/C14H17BrFN3/c1-10(2)17-8-12-6-7-19(18-12)9-11-4-3-5-13(16)14(11)15/h3-7,10,17H,8-9H2,1-2H3. The zero-order valence-corrected chi connectivity index (χ0v) is 12.6. The Morgan fingerprint density at radius 1 is 1.37 bits per heavy atom. The maximum atomic E-state index is 13.4. The zero-order chi connectivity index (χ0) is 13.8. The summed E-state index contributed by atoms with van der Waals surface area (Å²) in [5, 5.41) is 7.77. The van der Waals surface area contributed by atoms with Crippen molar-refractivity contribution in [2.75, 3.05) is 0 Å². The van der Waals surface area contributed by atoms with Crippen LogP contribution in [-0.2, 0) is 13.1 Å². The van der Waals surface area contributed by atoms with Gasteiger partial charge in [-0.3, -0.25) is 4.68 Å². The van der Waals surface area contributed by atoms with Gasteiger partial charge in [0, 0.05) is 18.8 Å². The molecule has 19 heavy (non-hydrogen) atoms. The van der Waals surface area contributed by atoms with E-state index in [1.807, 2.05) is 23.0 Å². The summed E-state index contributed by atoms with van der Waals surface area (Å²) in [6.07, 6.45) is 1.91. The van der Waals surface area contributed by atoms with Gasteiger partial charge < -0.3 is 5.32 Å². The first-order valence-electron chi connectivity index (χ1n) is 6.25. The van der Waals surface area contributed by atoms with E-state index >= 15 is 0 Å². The molecule has 0 saturated carbocycles. The van der Waals surface area contributed by atoms with E-state index in [2.05, 4.69) is 40.2 Å². The lowest BCUT2D eigenvalue weighted by Gasteiger charge is -2.06. The van der Waals surface area contributed by atoms with Gasteiger partial charge in [-0.15, -0.1) is 0 Å². The van der Waals surface area contributed by atoms with Crippen molar-refractivity contribution in [2.24, 2.45) is 0 Å². The first kappa shape index (κ1) is 14.2. The van der Waals surface area contributed by atoms with E-state index in [0.29, 0.717) is 17.1 Å². The Labute approximate surface area is 121 Å². The summed E-state index contributed by atoms with van der Waals surface area (Å²) >= 11 is 3.27. The Hall–Kier alpha value is -1.20. The van der Waals surface area contributed by atoms with E-state index < -0.39 is 0 Å². The molecule has 0 aliphatic rings. The minimum Gasteiger partial charge on any atom is -0.309 e. The molecule has 0 bridgehead atoms. The molecule has 0 fully saturated rings. The molecule has 1 heterocycles. The molecule has 0 atom stereocenters. The SMILES string of the molecule is CC(C)NCc1ccn(Cc2cccc(F)c2Br)n1. The Morgan fingerprint density at radius 2 is 2.16 bits per heavy atom. The van der Waals surface area contributed by atoms with Crippen molar-refractivity contribution in [1.29, 1.82) is 0 Å². The van der Waals surface area contributed by atoms with Crippen molar-refractivity contribution < 1.29 is 4.39 Å². The van der Waals surface area contributed by atoms with Gasteiger partial charge in [0.1, 0.15) is 5.82 Å². The predicted octanol–water partition coefficient (Wildman–Crippen LogP) is 3.33. The van der Waals surface area contributed by atoms with Crippen LogP contribution in [0.4, 0.5) is 4.39 Å². The number of hydrogen-bond acceptors (Lipinski definition) is 2. The molecule has 2 rings (SSSR count).